The van der Waals surface area contributed by atoms with Crippen LogP contribution in [0.15, 0.2) is 18.2 Å². The quantitative estimate of drug-likeness (QED) is 0.765. The molecule has 0 spiro atoms. The summed E-state index contributed by atoms with van der Waals surface area (Å²) in [6.45, 7) is 0. The standard InChI is InChI=1S/C10H9FO4/c1-15-10(14)6-3-2-4-8(11)7(6)5-9(12)13/h2-4H,5H2,1H3,(H,12,13). The lowest BCUT2D eigenvalue weighted by Crippen LogP contribution is -2.11. The van der Waals surface area contributed by atoms with Gasteiger partial charge in [0.1, 0.15) is 5.82 Å². The summed E-state index contributed by atoms with van der Waals surface area (Å²) in [7, 11) is 1.15. The van der Waals surface area contributed by atoms with Gasteiger partial charge in [0.15, 0.2) is 0 Å². The van der Waals surface area contributed by atoms with Crippen molar-refractivity contribution in [2.45, 2.75) is 6.42 Å². The van der Waals surface area contributed by atoms with Crippen LogP contribution >= 0.6 is 0 Å². The Hall–Kier alpha value is -1.91. The van der Waals surface area contributed by atoms with Gasteiger partial charge in [0.25, 0.3) is 0 Å². The Morgan fingerprint density at radius 3 is 2.67 bits per heavy atom. The molecular formula is C10H9FO4. The Kier molecular flexibility index (Phi) is 3.38. The first-order chi connectivity index (χ1) is 7.06. The van der Waals surface area contributed by atoms with E-state index in [0.29, 0.717) is 0 Å². The average molecular weight is 212 g/mol. The van der Waals surface area contributed by atoms with Crippen molar-refractivity contribution in [3.05, 3.63) is 35.1 Å². The van der Waals surface area contributed by atoms with E-state index in [2.05, 4.69) is 4.74 Å². The summed E-state index contributed by atoms with van der Waals surface area (Å²) in [4.78, 5) is 21.7. The van der Waals surface area contributed by atoms with E-state index in [9.17, 15) is 14.0 Å². The van der Waals surface area contributed by atoms with Gasteiger partial charge in [-0.15, -0.1) is 0 Å². The lowest BCUT2D eigenvalue weighted by Gasteiger charge is -2.06. The molecule has 1 aromatic rings. The second-order valence-electron chi connectivity index (χ2n) is 2.83. The largest absolute Gasteiger partial charge is 0.481 e. The van der Waals surface area contributed by atoms with Crippen LogP contribution < -0.4 is 0 Å². The van der Waals surface area contributed by atoms with Crippen LogP contribution in [0.2, 0.25) is 0 Å². The van der Waals surface area contributed by atoms with Crippen molar-refractivity contribution in [1.82, 2.24) is 0 Å². The van der Waals surface area contributed by atoms with Crippen LogP contribution in [0.4, 0.5) is 4.39 Å². The normalized spacial score (nSPS) is 9.73. The summed E-state index contributed by atoms with van der Waals surface area (Å²) < 4.78 is 17.7. The fraction of sp³-hybridized carbons (Fsp3) is 0.200. The molecule has 5 heteroatoms. The molecule has 1 rings (SSSR count). The fourth-order valence-electron chi connectivity index (χ4n) is 1.19. The number of carbonyl (C=O) groups excluding carboxylic acids is 1. The monoisotopic (exact) mass is 212 g/mol. The van der Waals surface area contributed by atoms with Gasteiger partial charge in [0.2, 0.25) is 0 Å². The number of carboxylic acid groups (broad SMARTS) is 1. The van der Waals surface area contributed by atoms with Crippen LogP contribution in [0.3, 0.4) is 0 Å². The van der Waals surface area contributed by atoms with E-state index in [1.54, 1.807) is 0 Å². The molecule has 0 aromatic heterocycles. The summed E-state index contributed by atoms with van der Waals surface area (Å²) in [5, 5.41) is 8.55. The van der Waals surface area contributed by atoms with Crippen molar-refractivity contribution in [3.8, 4) is 0 Å². The highest BCUT2D eigenvalue weighted by Crippen LogP contribution is 2.15. The molecule has 4 nitrogen and oxygen atoms in total. The van der Waals surface area contributed by atoms with Gasteiger partial charge >= 0.3 is 11.9 Å². The van der Waals surface area contributed by atoms with E-state index in [0.717, 1.165) is 13.2 Å². The minimum absolute atomic E-state index is 0.0556. The van der Waals surface area contributed by atoms with Gasteiger partial charge in [-0.1, -0.05) is 6.07 Å². The zero-order chi connectivity index (χ0) is 11.4. The van der Waals surface area contributed by atoms with E-state index in [4.69, 9.17) is 5.11 Å². The molecule has 0 saturated heterocycles. The van der Waals surface area contributed by atoms with E-state index in [-0.39, 0.29) is 11.1 Å². The van der Waals surface area contributed by atoms with Gasteiger partial charge in [0, 0.05) is 5.56 Å². The maximum Gasteiger partial charge on any atom is 0.338 e. The van der Waals surface area contributed by atoms with Gasteiger partial charge in [-0.3, -0.25) is 4.79 Å². The van der Waals surface area contributed by atoms with Gasteiger partial charge in [-0.2, -0.15) is 0 Å². The highest BCUT2D eigenvalue weighted by atomic mass is 19.1. The molecule has 0 aliphatic heterocycles. The summed E-state index contributed by atoms with van der Waals surface area (Å²) in [5.74, 6) is -2.67. The third kappa shape index (κ3) is 2.52. The molecular weight excluding hydrogens is 203 g/mol. The van der Waals surface area contributed by atoms with Crippen molar-refractivity contribution in [2.75, 3.05) is 7.11 Å². The predicted octanol–water partition coefficient (Wildman–Crippen LogP) is 1.24. The molecule has 0 amide bonds. The lowest BCUT2D eigenvalue weighted by atomic mass is 10.0. The van der Waals surface area contributed by atoms with Crippen molar-refractivity contribution < 1.29 is 23.8 Å². The average Bonchev–Trinajstić information content (AvgIpc) is 2.19. The van der Waals surface area contributed by atoms with Crippen molar-refractivity contribution in [1.29, 1.82) is 0 Å². The number of halogens is 1. The highest BCUT2D eigenvalue weighted by molar-refractivity contribution is 5.92. The molecule has 15 heavy (non-hydrogen) atoms. The van der Waals surface area contributed by atoms with Crippen LogP contribution in [-0.4, -0.2) is 24.2 Å². The summed E-state index contributed by atoms with van der Waals surface area (Å²) in [6, 6.07) is 3.75. The Balaban J connectivity index is 3.19. The molecule has 0 bridgehead atoms. The van der Waals surface area contributed by atoms with Gasteiger partial charge in [-0.25, -0.2) is 9.18 Å². The van der Waals surface area contributed by atoms with Crippen molar-refractivity contribution in [2.24, 2.45) is 0 Å². The topological polar surface area (TPSA) is 63.6 Å². The van der Waals surface area contributed by atoms with Crippen LogP contribution in [0.25, 0.3) is 0 Å². The van der Waals surface area contributed by atoms with Crippen molar-refractivity contribution in [3.63, 3.8) is 0 Å². The van der Waals surface area contributed by atoms with E-state index in [1.807, 2.05) is 0 Å². The molecule has 0 saturated carbocycles. The number of methoxy groups -OCH3 is 1. The molecule has 0 heterocycles. The Morgan fingerprint density at radius 2 is 2.13 bits per heavy atom. The predicted molar refractivity (Wildman–Crippen MR) is 49.1 cm³/mol. The molecule has 80 valence electrons. The fourth-order valence-corrected chi connectivity index (χ4v) is 1.19. The van der Waals surface area contributed by atoms with Crippen LogP contribution in [0.1, 0.15) is 15.9 Å². The molecule has 1 aromatic carbocycles. The van der Waals surface area contributed by atoms with E-state index >= 15 is 0 Å². The number of rotatable bonds is 3. The summed E-state index contributed by atoms with van der Waals surface area (Å²) in [5.41, 5.74) is -0.211. The van der Waals surface area contributed by atoms with Crippen LogP contribution in [-0.2, 0) is 16.0 Å². The molecule has 0 aliphatic carbocycles. The first-order valence-electron chi connectivity index (χ1n) is 4.13. The first kappa shape index (κ1) is 11.2. The zero-order valence-electron chi connectivity index (χ0n) is 7.99. The number of ether oxygens (including phenoxy) is 1. The molecule has 0 aliphatic rings. The van der Waals surface area contributed by atoms with Crippen molar-refractivity contribution >= 4 is 11.9 Å². The minimum atomic E-state index is -1.20. The molecule has 0 unspecified atom stereocenters. The zero-order valence-corrected chi connectivity index (χ0v) is 7.99. The number of hydrogen-bond acceptors (Lipinski definition) is 3. The Labute approximate surface area is 85.3 Å². The van der Waals surface area contributed by atoms with Gasteiger partial charge < -0.3 is 9.84 Å². The first-order valence-corrected chi connectivity index (χ1v) is 4.13. The Morgan fingerprint density at radius 1 is 1.47 bits per heavy atom. The number of carbonyl (C=O) groups is 2. The maximum atomic E-state index is 13.2. The number of esters is 1. The SMILES string of the molecule is COC(=O)c1cccc(F)c1CC(=O)O. The third-order valence-electron chi connectivity index (χ3n) is 1.85. The minimum Gasteiger partial charge on any atom is -0.481 e. The smallest absolute Gasteiger partial charge is 0.338 e. The van der Waals surface area contributed by atoms with Crippen LogP contribution in [0.5, 0.6) is 0 Å². The molecule has 0 fully saturated rings. The lowest BCUT2D eigenvalue weighted by molar-refractivity contribution is -0.136. The third-order valence-corrected chi connectivity index (χ3v) is 1.85. The number of benzene rings is 1. The number of hydrogen-bond donors (Lipinski definition) is 1. The second kappa shape index (κ2) is 4.54. The highest BCUT2D eigenvalue weighted by Gasteiger charge is 2.17. The molecule has 1 N–H and O–H groups in total. The number of aliphatic carboxylic acids is 1. The van der Waals surface area contributed by atoms with Gasteiger partial charge in [0.05, 0.1) is 19.1 Å². The van der Waals surface area contributed by atoms with E-state index < -0.39 is 24.2 Å². The molecule has 0 atom stereocenters. The van der Waals surface area contributed by atoms with E-state index in [1.165, 1.54) is 12.1 Å². The molecule has 0 radical (unpaired) electrons. The summed E-state index contributed by atoms with van der Waals surface area (Å²) >= 11 is 0. The van der Waals surface area contributed by atoms with Crippen LogP contribution in [0, 0.1) is 5.82 Å². The number of carboxylic acids is 1. The second-order valence-corrected chi connectivity index (χ2v) is 2.83. The Bertz CT molecular complexity index is 400. The maximum absolute atomic E-state index is 13.2. The summed E-state index contributed by atoms with van der Waals surface area (Å²) in [6.07, 6.45) is -0.545. The van der Waals surface area contributed by atoms with Gasteiger partial charge in [-0.05, 0) is 12.1 Å².